The fourth-order valence-electron chi connectivity index (χ4n) is 1.76. The summed E-state index contributed by atoms with van der Waals surface area (Å²) in [6, 6.07) is 0. The highest BCUT2D eigenvalue weighted by Crippen LogP contribution is 2.11. The standard InChI is InChI=1S/C11H16N4O2/c1-2-8-7-15(3-4-17-8)11(16)9-5-14-10(12)6-13-9/h5-6,8H,2-4,7H2,1H3,(H2,12,14). The molecule has 0 radical (unpaired) electrons. The van der Waals surface area contributed by atoms with Crippen LogP contribution in [0.4, 0.5) is 5.82 Å². The monoisotopic (exact) mass is 236 g/mol. The molecule has 1 aromatic rings. The number of rotatable bonds is 2. The van der Waals surface area contributed by atoms with Crippen LogP contribution in [0.3, 0.4) is 0 Å². The molecule has 92 valence electrons. The summed E-state index contributed by atoms with van der Waals surface area (Å²) < 4.78 is 5.51. The van der Waals surface area contributed by atoms with E-state index in [-0.39, 0.29) is 12.0 Å². The van der Waals surface area contributed by atoms with Crippen molar-refractivity contribution in [2.75, 3.05) is 25.4 Å². The molecule has 0 aliphatic carbocycles. The maximum absolute atomic E-state index is 12.1. The molecule has 0 aromatic carbocycles. The number of anilines is 1. The van der Waals surface area contributed by atoms with Gasteiger partial charge in [0.25, 0.3) is 5.91 Å². The Hall–Kier alpha value is -1.69. The first kappa shape index (κ1) is 11.8. The maximum Gasteiger partial charge on any atom is 0.274 e. The third-order valence-corrected chi connectivity index (χ3v) is 2.77. The summed E-state index contributed by atoms with van der Waals surface area (Å²) >= 11 is 0. The van der Waals surface area contributed by atoms with E-state index in [4.69, 9.17) is 10.5 Å². The Morgan fingerprint density at radius 3 is 3.06 bits per heavy atom. The molecule has 1 aromatic heterocycles. The molecule has 2 heterocycles. The molecule has 1 saturated heterocycles. The lowest BCUT2D eigenvalue weighted by Crippen LogP contribution is -2.45. The molecule has 17 heavy (non-hydrogen) atoms. The van der Waals surface area contributed by atoms with Crippen molar-refractivity contribution in [3.05, 3.63) is 18.1 Å². The number of nitrogen functional groups attached to an aromatic ring is 1. The van der Waals surface area contributed by atoms with Gasteiger partial charge in [-0.2, -0.15) is 0 Å². The van der Waals surface area contributed by atoms with Gasteiger partial charge in [-0.1, -0.05) is 6.92 Å². The summed E-state index contributed by atoms with van der Waals surface area (Å²) in [5.41, 5.74) is 5.76. The normalized spacial score (nSPS) is 20.3. The molecule has 0 saturated carbocycles. The van der Waals surface area contributed by atoms with E-state index in [2.05, 4.69) is 9.97 Å². The van der Waals surface area contributed by atoms with Crippen molar-refractivity contribution in [2.24, 2.45) is 0 Å². The highest BCUT2D eigenvalue weighted by atomic mass is 16.5. The second kappa shape index (κ2) is 5.09. The zero-order chi connectivity index (χ0) is 12.3. The van der Waals surface area contributed by atoms with Gasteiger partial charge < -0.3 is 15.4 Å². The Morgan fingerprint density at radius 1 is 1.59 bits per heavy atom. The molecule has 1 aliphatic rings. The number of hydrogen-bond donors (Lipinski definition) is 1. The first-order chi connectivity index (χ1) is 8.20. The zero-order valence-corrected chi connectivity index (χ0v) is 9.80. The van der Waals surface area contributed by atoms with Gasteiger partial charge in [0.15, 0.2) is 0 Å². The number of nitrogens with two attached hydrogens (primary N) is 1. The summed E-state index contributed by atoms with van der Waals surface area (Å²) in [5, 5.41) is 0. The van der Waals surface area contributed by atoms with Gasteiger partial charge in [0, 0.05) is 13.1 Å². The van der Waals surface area contributed by atoms with Gasteiger partial charge >= 0.3 is 0 Å². The minimum absolute atomic E-state index is 0.112. The summed E-state index contributed by atoms with van der Waals surface area (Å²) in [5.74, 6) is 0.203. The molecular weight excluding hydrogens is 220 g/mol. The van der Waals surface area contributed by atoms with Crippen LogP contribution in [0.1, 0.15) is 23.8 Å². The lowest BCUT2D eigenvalue weighted by Gasteiger charge is -2.32. The molecule has 6 nitrogen and oxygen atoms in total. The molecule has 0 bridgehead atoms. The second-order valence-electron chi connectivity index (χ2n) is 3.98. The molecule has 1 amide bonds. The number of carbonyl (C=O) groups excluding carboxylic acids is 1. The molecule has 1 atom stereocenters. The van der Waals surface area contributed by atoms with E-state index in [1.807, 2.05) is 6.92 Å². The molecule has 1 unspecified atom stereocenters. The minimum atomic E-state index is -0.112. The van der Waals surface area contributed by atoms with Crippen molar-refractivity contribution < 1.29 is 9.53 Å². The number of nitrogens with zero attached hydrogens (tertiary/aromatic N) is 3. The molecule has 1 aliphatic heterocycles. The highest BCUT2D eigenvalue weighted by molar-refractivity contribution is 5.92. The van der Waals surface area contributed by atoms with Gasteiger partial charge in [-0.15, -0.1) is 0 Å². The summed E-state index contributed by atoms with van der Waals surface area (Å²) in [6.45, 7) is 3.83. The average molecular weight is 236 g/mol. The third kappa shape index (κ3) is 2.71. The van der Waals surface area contributed by atoms with Gasteiger partial charge in [-0.25, -0.2) is 9.97 Å². The van der Waals surface area contributed by atoms with Crippen LogP contribution in [0.15, 0.2) is 12.4 Å². The smallest absolute Gasteiger partial charge is 0.274 e. The van der Waals surface area contributed by atoms with Crippen LogP contribution in [-0.4, -0.2) is 46.6 Å². The maximum atomic E-state index is 12.1. The first-order valence-corrected chi connectivity index (χ1v) is 5.69. The van der Waals surface area contributed by atoms with E-state index in [9.17, 15) is 4.79 Å². The molecule has 2 N–H and O–H groups in total. The number of carbonyl (C=O) groups is 1. The van der Waals surface area contributed by atoms with E-state index >= 15 is 0 Å². The van der Waals surface area contributed by atoms with Crippen LogP contribution in [-0.2, 0) is 4.74 Å². The Balaban J connectivity index is 2.06. The summed E-state index contributed by atoms with van der Waals surface area (Å²) in [6.07, 6.45) is 3.82. The van der Waals surface area contributed by atoms with Crippen molar-refractivity contribution in [3.63, 3.8) is 0 Å². The number of amides is 1. The topological polar surface area (TPSA) is 81.3 Å². The second-order valence-corrected chi connectivity index (χ2v) is 3.98. The molecule has 0 spiro atoms. The van der Waals surface area contributed by atoms with Crippen molar-refractivity contribution >= 4 is 11.7 Å². The SMILES string of the molecule is CCC1CN(C(=O)c2cnc(N)cn2)CCO1. The van der Waals surface area contributed by atoms with Gasteiger partial charge in [0.2, 0.25) is 0 Å². The zero-order valence-electron chi connectivity index (χ0n) is 9.80. The first-order valence-electron chi connectivity index (χ1n) is 5.69. The van der Waals surface area contributed by atoms with Crippen molar-refractivity contribution in [1.82, 2.24) is 14.9 Å². The third-order valence-electron chi connectivity index (χ3n) is 2.77. The Morgan fingerprint density at radius 2 is 2.41 bits per heavy atom. The molecule has 1 fully saturated rings. The van der Waals surface area contributed by atoms with Gasteiger partial charge in [0.1, 0.15) is 11.5 Å². The fraction of sp³-hybridized carbons (Fsp3) is 0.545. The predicted octanol–water partition coefficient (Wildman–Crippen LogP) is 0.310. The van der Waals surface area contributed by atoms with Crippen LogP contribution in [0.2, 0.25) is 0 Å². The van der Waals surface area contributed by atoms with Gasteiger partial charge in [-0.05, 0) is 6.42 Å². The molecule has 2 rings (SSSR count). The predicted molar refractivity (Wildman–Crippen MR) is 62.4 cm³/mol. The van der Waals surface area contributed by atoms with E-state index in [1.54, 1.807) is 4.90 Å². The van der Waals surface area contributed by atoms with Crippen molar-refractivity contribution in [1.29, 1.82) is 0 Å². The van der Waals surface area contributed by atoms with Crippen molar-refractivity contribution in [3.8, 4) is 0 Å². The van der Waals surface area contributed by atoms with Crippen molar-refractivity contribution in [2.45, 2.75) is 19.4 Å². The van der Waals surface area contributed by atoms with Crippen LogP contribution in [0.5, 0.6) is 0 Å². The van der Waals surface area contributed by atoms with E-state index < -0.39 is 0 Å². The highest BCUT2D eigenvalue weighted by Gasteiger charge is 2.24. The van der Waals surface area contributed by atoms with Gasteiger partial charge in [0.05, 0.1) is 25.1 Å². The number of hydrogen-bond acceptors (Lipinski definition) is 5. The van der Waals surface area contributed by atoms with Crippen LogP contribution < -0.4 is 5.73 Å². The Bertz CT molecular complexity index is 393. The molecule has 6 heteroatoms. The van der Waals surface area contributed by atoms with Crippen LogP contribution in [0, 0.1) is 0 Å². The summed E-state index contributed by atoms with van der Waals surface area (Å²) in [4.78, 5) is 21.7. The lowest BCUT2D eigenvalue weighted by molar-refractivity contribution is -0.0228. The van der Waals surface area contributed by atoms with Crippen LogP contribution >= 0.6 is 0 Å². The Labute approximate surface area is 99.8 Å². The van der Waals surface area contributed by atoms with Gasteiger partial charge in [-0.3, -0.25) is 4.79 Å². The van der Waals surface area contributed by atoms with E-state index in [0.29, 0.717) is 31.2 Å². The average Bonchev–Trinajstić information content (AvgIpc) is 2.39. The lowest BCUT2D eigenvalue weighted by atomic mass is 10.2. The molecular formula is C11H16N4O2. The van der Waals surface area contributed by atoms with E-state index in [0.717, 1.165) is 6.42 Å². The Kier molecular flexibility index (Phi) is 3.53. The number of aromatic nitrogens is 2. The largest absolute Gasteiger partial charge is 0.382 e. The minimum Gasteiger partial charge on any atom is -0.382 e. The number of morpholine rings is 1. The van der Waals surface area contributed by atoms with Crippen LogP contribution in [0.25, 0.3) is 0 Å². The quantitative estimate of drug-likeness (QED) is 0.799. The number of ether oxygens (including phenoxy) is 1. The fourth-order valence-corrected chi connectivity index (χ4v) is 1.76. The van der Waals surface area contributed by atoms with E-state index in [1.165, 1.54) is 12.4 Å². The summed E-state index contributed by atoms with van der Waals surface area (Å²) in [7, 11) is 0.